The Hall–Kier alpha value is -2.70. The third-order valence-corrected chi connectivity index (χ3v) is 5.14. The third kappa shape index (κ3) is 3.66. The van der Waals surface area contributed by atoms with Crippen LogP contribution in [0, 0.1) is 0 Å². The highest BCUT2D eigenvalue weighted by Crippen LogP contribution is 2.37. The average molecular weight is 379 g/mol. The molecular weight excluding hydrogens is 354 g/mol. The molecule has 2 unspecified atom stereocenters. The number of para-hydroxylation sites is 1. The first-order valence-electron chi connectivity index (χ1n) is 9.76. The maximum absolute atomic E-state index is 12.8. The first-order valence-corrected chi connectivity index (χ1v) is 9.76. The minimum Gasteiger partial charge on any atom is -0.461 e. The smallest absolute Gasteiger partial charge is 0.355 e. The molecule has 2 aromatic carbocycles. The van der Waals surface area contributed by atoms with Gasteiger partial charge in [-0.25, -0.2) is 9.80 Å². The summed E-state index contributed by atoms with van der Waals surface area (Å²) in [5.41, 5.74) is 2.47. The fraction of sp³-hybridized carbons (Fsp3) is 0.364. The second-order valence-corrected chi connectivity index (χ2v) is 6.84. The second-order valence-electron chi connectivity index (χ2n) is 6.84. The summed E-state index contributed by atoms with van der Waals surface area (Å²) in [6.07, 6.45) is -0.104. The Labute approximate surface area is 165 Å². The van der Waals surface area contributed by atoms with E-state index in [1.54, 1.807) is 0 Å². The molecule has 2 atom stereocenters. The average Bonchev–Trinajstić information content (AvgIpc) is 3.16. The molecule has 0 saturated carbocycles. The molecule has 0 spiro atoms. The van der Waals surface area contributed by atoms with Gasteiger partial charge in [0.25, 0.3) is 0 Å². The van der Waals surface area contributed by atoms with Gasteiger partial charge >= 0.3 is 5.97 Å². The number of nitrogens with zero attached hydrogens (tertiary/aromatic N) is 3. The zero-order valence-corrected chi connectivity index (χ0v) is 16.0. The van der Waals surface area contributed by atoms with Crippen LogP contribution in [0.4, 0.5) is 5.69 Å². The number of esters is 1. The molecule has 0 aliphatic carbocycles. The molecule has 4 rings (SSSR count). The maximum Gasteiger partial charge on any atom is 0.355 e. The molecule has 0 bridgehead atoms. The number of rotatable bonds is 5. The SMILES string of the molecule is CCOC(=O)C1=NN(c2ccccc2)C(N2CCOCC2)C1c1ccccc1. The van der Waals surface area contributed by atoms with E-state index in [-0.39, 0.29) is 18.1 Å². The molecule has 0 N–H and O–H groups in total. The molecule has 6 heteroatoms. The zero-order chi connectivity index (χ0) is 19.3. The summed E-state index contributed by atoms with van der Waals surface area (Å²) in [4.78, 5) is 15.2. The van der Waals surface area contributed by atoms with Gasteiger partial charge in [-0.2, -0.15) is 5.10 Å². The van der Waals surface area contributed by atoms with Gasteiger partial charge in [-0.05, 0) is 24.6 Å². The number of hydrogen-bond donors (Lipinski definition) is 0. The van der Waals surface area contributed by atoms with E-state index in [2.05, 4.69) is 17.0 Å². The van der Waals surface area contributed by atoms with Crippen molar-refractivity contribution in [2.75, 3.05) is 37.9 Å². The van der Waals surface area contributed by atoms with Gasteiger partial charge < -0.3 is 9.47 Å². The molecule has 146 valence electrons. The number of hydrogen-bond acceptors (Lipinski definition) is 6. The maximum atomic E-state index is 12.8. The van der Waals surface area contributed by atoms with Crippen molar-refractivity contribution in [1.29, 1.82) is 0 Å². The molecule has 2 aliphatic heterocycles. The Kier molecular flexibility index (Phi) is 5.69. The lowest BCUT2D eigenvalue weighted by Crippen LogP contribution is -2.52. The van der Waals surface area contributed by atoms with Gasteiger partial charge in [-0.3, -0.25) is 4.90 Å². The topological polar surface area (TPSA) is 54.4 Å². The van der Waals surface area contributed by atoms with Crippen LogP contribution >= 0.6 is 0 Å². The number of hydrazone groups is 1. The predicted octanol–water partition coefficient (Wildman–Crippen LogP) is 2.87. The fourth-order valence-corrected chi connectivity index (χ4v) is 3.88. The standard InChI is InChI=1S/C22H25N3O3/c1-2-28-22(26)20-19(17-9-5-3-6-10-17)21(24-13-15-27-16-14-24)25(23-20)18-11-7-4-8-12-18/h3-12,19,21H,2,13-16H2,1H3. The Morgan fingerprint density at radius 3 is 2.36 bits per heavy atom. The summed E-state index contributed by atoms with van der Waals surface area (Å²) in [6.45, 7) is 5.09. The van der Waals surface area contributed by atoms with Crippen LogP contribution in [0.3, 0.4) is 0 Å². The fourth-order valence-electron chi connectivity index (χ4n) is 3.88. The van der Waals surface area contributed by atoms with Crippen molar-refractivity contribution in [3.05, 3.63) is 66.2 Å². The van der Waals surface area contributed by atoms with Crippen molar-refractivity contribution in [2.24, 2.45) is 5.10 Å². The minimum atomic E-state index is -0.354. The van der Waals surface area contributed by atoms with Crippen LogP contribution in [-0.2, 0) is 14.3 Å². The quantitative estimate of drug-likeness (QED) is 0.748. The summed E-state index contributed by atoms with van der Waals surface area (Å²) < 4.78 is 10.9. The molecule has 1 fully saturated rings. The van der Waals surface area contributed by atoms with E-state index in [0.29, 0.717) is 25.5 Å². The van der Waals surface area contributed by atoms with E-state index < -0.39 is 0 Å². The second kappa shape index (κ2) is 8.54. The third-order valence-electron chi connectivity index (χ3n) is 5.14. The molecule has 0 radical (unpaired) electrons. The Bertz CT molecular complexity index is 819. The lowest BCUT2D eigenvalue weighted by atomic mass is 9.90. The van der Waals surface area contributed by atoms with Gasteiger partial charge in [-0.15, -0.1) is 0 Å². The summed E-state index contributed by atoms with van der Waals surface area (Å²) in [6, 6.07) is 20.1. The van der Waals surface area contributed by atoms with Crippen molar-refractivity contribution in [1.82, 2.24) is 4.90 Å². The molecule has 2 aromatic rings. The van der Waals surface area contributed by atoms with Gasteiger partial charge in [0, 0.05) is 13.1 Å². The highest BCUT2D eigenvalue weighted by Gasteiger charge is 2.46. The first-order chi connectivity index (χ1) is 13.8. The zero-order valence-electron chi connectivity index (χ0n) is 16.0. The van der Waals surface area contributed by atoms with Crippen molar-refractivity contribution in [3.8, 4) is 0 Å². The van der Waals surface area contributed by atoms with Crippen LogP contribution in [0.2, 0.25) is 0 Å². The van der Waals surface area contributed by atoms with Crippen LogP contribution in [0.1, 0.15) is 18.4 Å². The van der Waals surface area contributed by atoms with E-state index in [9.17, 15) is 4.79 Å². The largest absolute Gasteiger partial charge is 0.461 e. The Morgan fingerprint density at radius 1 is 1.07 bits per heavy atom. The molecule has 6 nitrogen and oxygen atoms in total. The van der Waals surface area contributed by atoms with E-state index in [0.717, 1.165) is 24.3 Å². The van der Waals surface area contributed by atoms with Crippen LogP contribution in [0.15, 0.2) is 65.8 Å². The number of carbonyl (C=O) groups is 1. The molecule has 2 aliphatic rings. The normalized spacial score (nSPS) is 22.8. The van der Waals surface area contributed by atoms with E-state index >= 15 is 0 Å². The summed E-state index contributed by atoms with van der Waals surface area (Å²) >= 11 is 0. The van der Waals surface area contributed by atoms with Crippen molar-refractivity contribution in [2.45, 2.75) is 19.0 Å². The summed E-state index contributed by atoms with van der Waals surface area (Å²) in [5.74, 6) is -0.549. The molecule has 28 heavy (non-hydrogen) atoms. The lowest BCUT2D eigenvalue weighted by molar-refractivity contribution is -0.135. The van der Waals surface area contributed by atoms with E-state index in [1.807, 2.05) is 60.5 Å². The number of morpholine rings is 1. The van der Waals surface area contributed by atoms with Crippen molar-refractivity contribution >= 4 is 17.4 Å². The highest BCUT2D eigenvalue weighted by atomic mass is 16.5. The Balaban J connectivity index is 1.80. The van der Waals surface area contributed by atoms with Gasteiger partial charge in [0.05, 0.1) is 31.4 Å². The van der Waals surface area contributed by atoms with Crippen molar-refractivity contribution < 1.29 is 14.3 Å². The Morgan fingerprint density at radius 2 is 1.71 bits per heavy atom. The number of anilines is 1. The van der Waals surface area contributed by atoms with Crippen LogP contribution in [0.5, 0.6) is 0 Å². The van der Waals surface area contributed by atoms with Gasteiger partial charge in [0.2, 0.25) is 0 Å². The summed E-state index contributed by atoms with van der Waals surface area (Å²) in [5, 5.41) is 6.75. The van der Waals surface area contributed by atoms with Crippen LogP contribution < -0.4 is 5.01 Å². The van der Waals surface area contributed by atoms with Gasteiger partial charge in [0.1, 0.15) is 6.17 Å². The highest BCUT2D eigenvalue weighted by molar-refractivity contribution is 6.39. The monoisotopic (exact) mass is 379 g/mol. The minimum absolute atomic E-state index is 0.104. The number of carbonyl (C=O) groups excluding carboxylic acids is 1. The van der Waals surface area contributed by atoms with Crippen molar-refractivity contribution in [3.63, 3.8) is 0 Å². The molecular formula is C22H25N3O3. The lowest BCUT2D eigenvalue weighted by Gasteiger charge is -2.39. The van der Waals surface area contributed by atoms with Crippen LogP contribution in [-0.4, -0.2) is 55.7 Å². The molecule has 2 heterocycles. The summed E-state index contributed by atoms with van der Waals surface area (Å²) in [7, 11) is 0. The van der Waals surface area contributed by atoms with Crippen LogP contribution in [0.25, 0.3) is 0 Å². The van der Waals surface area contributed by atoms with Gasteiger partial charge in [-0.1, -0.05) is 48.5 Å². The molecule has 0 amide bonds. The predicted molar refractivity (Wildman–Crippen MR) is 108 cm³/mol. The number of ether oxygens (including phenoxy) is 2. The van der Waals surface area contributed by atoms with Gasteiger partial charge in [0.15, 0.2) is 5.71 Å². The number of benzene rings is 2. The van der Waals surface area contributed by atoms with E-state index in [4.69, 9.17) is 14.6 Å². The first kappa shape index (κ1) is 18.7. The molecule has 0 aromatic heterocycles. The van der Waals surface area contributed by atoms with E-state index in [1.165, 1.54) is 0 Å². The molecule has 1 saturated heterocycles.